The fourth-order valence-electron chi connectivity index (χ4n) is 2.72. The predicted octanol–water partition coefficient (Wildman–Crippen LogP) is 2.32. The lowest BCUT2D eigenvalue weighted by Gasteiger charge is -2.09. The second-order valence-corrected chi connectivity index (χ2v) is 5.42. The van der Waals surface area contributed by atoms with E-state index in [-0.39, 0.29) is 5.69 Å². The third-order valence-corrected chi connectivity index (χ3v) is 3.81. The van der Waals surface area contributed by atoms with Crippen molar-refractivity contribution in [2.75, 3.05) is 0 Å². The number of nitrogens with zero attached hydrogens (tertiary/aromatic N) is 5. The summed E-state index contributed by atoms with van der Waals surface area (Å²) in [5.41, 5.74) is 0.891. The second-order valence-electron chi connectivity index (χ2n) is 5.42. The normalized spacial score (nSPS) is 11.5. The lowest BCUT2D eigenvalue weighted by Crippen LogP contribution is -2.20. The van der Waals surface area contributed by atoms with E-state index in [4.69, 9.17) is 0 Å². The zero-order valence-corrected chi connectivity index (χ0v) is 12.8. The van der Waals surface area contributed by atoms with Crippen LogP contribution in [0.5, 0.6) is 0 Å². The van der Waals surface area contributed by atoms with Crippen molar-refractivity contribution in [1.82, 2.24) is 24.1 Å². The zero-order valence-electron chi connectivity index (χ0n) is 12.8. The van der Waals surface area contributed by atoms with Crippen molar-refractivity contribution in [3.63, 3.8) is 0 Å². The molecular formula is C16H11F2N5O. The Balaban J connectivity index is 2.08. The van der Waals surface area contributed by atoms with E-state index in [9.17, 15) is 13.6 Å². The minimum absolute atomic E-state index is 0.232. The van der Waals surface area contributed by atoms with Gasteiger partial charge in [0, 0.05) is 12.3 Å². The van der Waals surface area contributed by atoms with Gasteiger partial charge in [-0.3, -0.25) is 9.36 Å². The Morgan fingerprint density at radius 1 is 1.04 bits per heavy atom. The molecule has 1 aromatic carbocycles. The van der Waals surface area contributed by atoms with Crippen LogP contribution in [0.1, 0.15) is 11.5 Å². The minimum atomic E-state index is -1.02. The van der Waals surface area contributed by atoms with Gasteiger partial charge in [0.1, 0.15) is 5.82 Å². The van der Waals surface area contributed by atoms with Crippen LogP contribution in [0.3, 0.4) is 0 Å². The van der Waals surface area contributed by atoms with Gasteiger partial charge in [-0.15, -0.1) is 5.10 Å². The monoisotopic (exact) mass is 327 g/mol. The van der Waals surface area contributed by atoms with Crippen LogP contribution in [0.2, 0.25) is 0 Å². The fourth-order valence-corrected chi connectivity index (χ4v) is 2.72. The van der Waals surface area contributed by atoms with Gasteiger partial charge in [-0.05, 0) is 32.0 Å². The molecule has 0 atom stereocenters. The molecule has 0 bridgehead atoms. The van der Waals surface area contributed by atoms with Crippen LogP contribution in [0.4, 0.5) is 8.78 Å². The number of rotatable bonds is 1. The highest BCUT2D eigenvalue weighted by Gasteiger charge is 2.14. The predicted molar refractivity (Wildman–Crippen MR) is 83.3 cm³/mol. The van der Waals surface area contributed by atoms with E-state index in [1.165, 1.54) is 21.3 Å². The van der Waals surface area contributed by atoms with Gasteiger partial charge in [0.2, 0.25) is 0 Å². The Bertz CT molecular complexity index is 1180. The summed E-state index contributed by atoms with van der Waals surface area (Å²) >= 11 is 0. The van der Waals surface area contributed by atoms with Crippen LogP contribution in [0.25, 0.3) is 22.4 Å². The van der Waals surface area contributed by atoms with Gasteiger partial charge >= 0.3 is 0 Å². The number of fused-ring (bicyclic) bond motifs is 3. The number of benzene rings is 1. The maximum atomic E-state index is 13.5. The molecule has 4 rings (SSSR count). The molecule has 0 fully saturated rings. The van der Waals surface area contributed by atoms with Gasteiger partial charge in [0.05, 0.1) is 22.3 Å². The Morgan fingerprint density at radius 2 is 1.83 bits per heavy atom. The average molecular weight is 327 g/mol. The maximum Gasteiger partial charge on any atom is 0.266 e. The molecule has 0 saturated heterocycles. The van der Waals surface area contributed by atoms with Crippen LogP contribution in [-0.2, 0) is 0 Å². The van der Waals surface area contributed by atoms with E-state index in [1.807, 2.05) is 0 Å². The van der Waals surface area contributed by atoms with Crippen molar-refractivity contribution in [3.8, 4) is 5.69 Å². The van der Waals surface area contributed by atoms with Crippen molar-refractivity contribution in [1.29, 1.82) is 0 Å². The third kappa shape index (κ3) is 1.99. The van der Waals surface area contributed by atoms with Crippen molar-refractivity contribution in [2.24, 2.45) is 0 Å². The molecule has 8 heteroatoms. The first kappa shape index (κ1) is 14.4. The molecule has 6 nitrogen and oxygen atoms in total. The summed E-state index contributed by atoms with van der Waals surface area (Å²) in [5.74, 6) is -1.04. The number of pyridine rings is 1. The summed E-state index contributed by atoms with van der Waals surface area (Å²) in [4.78, 5) is 21.3. The Labute approximate surface area is 134 Å². The standard InChI is InChI=1S/C16H11F2N5O/c1-8-14-13(23-16(19-8)20-9(2)21-23)5-6-22(15(14)24)10-3-4-11(17)12(18)7-10/h3-7H,1-2H3. The molecule has 0 unspecified atom stereocenters. The Hall–Kier alpha value is -3.16. The summed E-state index contributed by atoms with van der Waals surface area (Å²) in [5, 5.41) is 4.58. The largest absolute Gasteiger partial charge is 0.284 e. The van der Waals surface area contributed by atoms with E-state index in [2.05, 4.69) is 15.1 Å². The number of aryl methyl sites for hydroxylation is 2. The topological polar surface area (TPSA) is 65.1 Å². The SMILES string of the molecule is Cc1nc2nc(C)c3c(=O)n(-c4ccc(F)c(F)c4)ccc3n2n1. The van der Waals surface area contributed by atoms with Crippen LogP contribution in [-0.4, -0.2) is 24.1 Å². The van der Waals surface area contributed by atoms with E-state index < -0.39 is 17.2 Å². The lowest BCUT2D eigenvalue weighted by atomic mass is 10.2. The van der Waals surface area contributed by atoms with Crippen molar-refractivity contribution in [2.45, 2.75) is 13.8 Å². The summed E-state index contributed by atoms with van der Waals surface area (Å²) in [6.45, 7) is 3.43. The number of hydrogen-bond acceptors (Lipinski definition) is 4. The Kier molecular flexibility index (Phi) is 2.96. The number of hydrogen-bond donors (Lipinski definition) is 0. The summed E-state index contributed by atoms with van der Waals surface area (Å²) in [6.07, 6.45) is 1.49. The minimum Gasteiger partial charge on any atom is -0.284 e. The van der Waals surface area contributed by atoms with E-state index in [1.54, 1.807) is 19.9 Å². The Morgan fingerprint density at radius 3 is 2.58 bits per heavy atom. The van der Waals surface area contributed by atoms with Gasteiger partial charge in [0.15, 0.2) is 11.6 Å². The molecule has 0 aliphatic rings. The van der Waals surface area contributed by atoms with E-state index in [0.717, 1.165) is 12.1 Å². The van der Waals surface area contributed by atoms with Crippen LogP contribution in [0, 0.1) is 25.5 Å². The molecule has 120 valence electrons. The van der Waals surface area contributed by atoms with Gasteiger partial charge in [-0.1, -0.05) is 0 Å². The lowest BCUT2D eigenvalue weighted by molar-refractivity contribution is 0.508. The smallest absolute Gasteiger partial charge is 0.266 e. The van der Waals surface area contributed by atoms with Gasteiger partial charge in [0.25, 0.3) is 11.3 Å². The van der Waals surface area contributed by atoms with Crippen molar-refractivity contribution >= 4 is 16.7 Å². The fraction of sp³-hybridized carbons (Fsp3) is 0.125. The van der Waals surface area contributed by atoms with E-state index >= 15 is 0 Å². The highest BCUT2D eigenvalue weighted by Crippen LogP contribution is 2.17. The molecule has 0 N–H and O–H groups in total. The summed E-state index contributed by atoms with van der Waals surface area (Å²) in [7, 11) is 0. The molecule has 0 radical (unpaired) electrons. The van der Waals surface area contributed by atoms with Crippen molar-refractivity contribution < 1.29 is 8.78 Å². The van der Waals surface area contributed by atoms with Gasteiger partial charge in [-0.25, -0.2) is 13.8 Å². The first-order valence-corrected chi connectivity index (χ1v) is 7.16. The molecule has 3 heterocycles. The van der Waals surface area contributed by atoms with Crippen LogP contribution < -0.4 is 5.56 Å². The highest BCUT2D eigenvalue weighted by molar-refractivity contribution is 5.82. The average Bonchev–Trinajstić information content (AvgIpc) is 2.90. The van der Waals surface area contributed by atoms with Crippen LogP contribution >= 0.6 is 0 Å². The van der Waals surface area contributed by atoms with Gasteiger partial charge < -0.3 is 0 Å². The maximum absolute atomic E-state index is 13.5. The molecule has 0 amide bonds. The quantitative estimate of drug-likeness (QED) is 0.538. The van der Waals surface area contributed by atoms with Crippen LogP contribution in [0.15, 0.2) is 35.3 Å². The molecule has 3 aromatic heterocycles. The first-order chi connectivity index (χ1) is 11.5. The first-order valence-electron chi connectivity index (χ1n) is 7.16. The molecule has 0 aliphatic carbocycles. The number of halogens is 2. The molecular weight excluding hydrogens is 316 g/mol. The second kappa shape index (κ2) is 4.92. The molecule has 4 aromatic rings. The third-order valence-electron chi connectivity index (χ3n) is 3.81. The summed E-state index contributed by atoms with van der Waals surface area (Å²) < 4.78 is 29.3. The van der Waals surface area contributed by atoms with Crippen molar-refractivity contribution in [3.05, 3.63) is 64.0 Å². The van der Waals surface area contributed by atoms with E-state index in [0.29, 0.717) is 28.2 Å². The zero-order chi connectivity index (χ0) is 17.0. The molecule has 0 saturated carbocycles. The molecule has 0 aliphatic heterocycles. The molecule has 24 heavy (non-hydrogen) atoms. The summed E-state index contributed by atoms with van der Waals surface area (Å²) in [6, 6.07) is 4.97. The number of aromatic nitrogens is 5. The highest BCUT2D eigenvalue weighted by atomic mass is 19.2. The molecule has 0 spiro atoms. The van der Waals surface area contributed by atoms with Gasteiger partial charge in [-0.2, -0.15) is 9.50 Å².